The maximum Gasteiger partial charge on any atom is 0.405 e. The fraction of sp³-hybridized carbons (Fsp3) is 0.733. The maximum absolute atomic E-state index is 13.3. The largest absolute Gasteiger partial charge is 0.405 e. The number of nitrogens with one attached hydrogen (secondary N) is 1. The SMILES string of the molecule is CC1=Nc2c(c(=O)[nH]n2C2CCCCCCC2)C(C(F)(F)F)S1. The summed E-state index contributed by atoms with van der Waals surface area (Å²) in [6.07, 6.45) is 2.80. The van der Waals surface area contributed by atoms with Gasteiger partial charge in [-0.05, 0) is 19.8 Å². The van der Waals surface area contributed by atoms with Crippen molar-refractivity contribution in [3.05, 3.63) is 15.9 Å². The van der Waals surface area contributed by atoms with Gasteiger partial charge in [0.15, 0.2) is 5.82 Å². The molecule has 1 atom stereocenters. The van der Waals surface area contributed by atoms with Gasteiger partial charge in [0, 0.05) is 0 Å². The van der Waals surface area contributed by atoms with Gasteiger partial charge in [-0.15, -0.1) is 0 Å². The van der Waals surface area contributed by atoms with Crippen LogP contribution in [-0.4, -0.2) is 21.0 Å². The Morgan fingerprint density at radius 1 is 1.17 bits per heavy atom. The minimum Gasteiger partial charge on any atom is -0.268 e. The van der Waals surface area contributed by atoms with Crippen LogP contribution in [0, 0.1) is 0 Å². The first kappa shape index (κ1) is 16.7. The molecule has 23 heavy (non-hydrogen) atoms. The number of thioether (sulfide) groups is 1. The molecule has 2 heterocycles. The molecule has 1 aromatic rings. The number of aromatic nitrogens is 2. The molecule has 0 amide bonds. The quantitative estimate of drug-likeness (QED) is 0.788. The molecule has 8 heteroatoms. The van der Waals surface area contributed by atoms with Crippen molar-refractivity contribution in [1.29, 1.82) is 0 Å². The van der Waals surface area contributed by atoms with E-state index in [2.05, 4.69) is 10.1 Å². The summed E-state index contributed by atoms with van der Waals surface area (Å²) >= 11 is 0.609. The van der Waals surface area contributed by atoms with Crippen molar-refractivity contribution in [3.8, 4) is 0 Å². The average molecular weight is 347 g/mol. The Labute approximate surface area is 136 Å². The van der Waals surface area contributed by atoms with Crippen molar-refractivity contribution in [2.45, 2.75) is 69.3 Å². The van der Waals surface area contributed by atoms with Crippen LogP contribution in [-0.2, 0) is 0 Å². The second-order valence-electron chi connectivity index (χ2n) is 6.22. The number of H-pyrrole nitrogens is 1. The second-order valence-corrected chi connectivity index (χ2v) is 7.52. The Bertz CT molecular complexity index is 654. The molecular formula is C15H20F3N3OS. The first-order chi connectivity index (χ1) is 10.9. The Morgan fingerprint density at radius 2 is 1.78 bits per heavy atom. The van der Waals surface area contributed by atoms with E-state index in [0.717, 1.165) is 38.5 Å². The zero-order chi connectivity index (χ0) is 16.6. The van der Waals surface area contributed by atoms with E-state index in [9.17, 15) is 18.0 Å². The number of fused-ring (bicyclic) bond motifs is 1. The Kier molecular flexibility index (Phi) is 4.62. The second kappa shape index (κ2) is 6.37. The van der Waals surface area contributed by atoms with Crippen LogP contribution in [0.4, 0.5) is 19.0 Å². The fourth-order valence-electron chi connectivity index (χ4n) is 3.40. The molecule has 0 bridgehead atoms. The van der Waals surface area contributed by atoms with E-state index in [-0.39, 0.29) is 17.4 Å². The van der Waals surface area contributed by atoms with Gasteiger partial charge in [0.25, 0.3) is 5.56 Å². The molecular weight excluding hydrogens is 327 g/mol. The zero-order valence-electron chi connectivity index (χ0n) is 12.9. The summed E-state index contributed by atoms with van der Waals surface area (Å²) in [5.41, 5.74) is -0.900. The third-order valence-electron chi connectivity index (χ3n) is 4.49. The van der Waals surface area contributed by atoms with Gasteiger partial charge in [0.2, 0.25) is 0 Å². The van der Waals surface area contributed by atoms with E-state index in [1.807, 2.05) is 0 Å². The van der Waals surface area contributed by atoms with Crippen LogP contribution in [0.25, 0.3) is 0 Å². The summed E-state index contributed by atoms with van der Waals surface area (Å²) < 4.78 is 41.5. The number of aliphatic imine (C=N–C) groups is 1. The van der Waals surface area contributed by atoms with Crippen molar-refractivity contribution < 1.29 is 13.2 Å². The number of hydrogen-bond acceptors (Lipinski definition) is 3. The third-order valence-corrected chi connectivity index (χ3v) is 5.66. The molecule has 128 valence electrons. The molecule has 0 saturated heterocycles. The van der Waals surface area contributed by atoms with Crippen molar-refractivity contribution in [1.82, 2.24) is 9.78 Å². The van der Waals surface area contributed by atoms with E-state index in [1.54, 1.807) is 11.6 Å². The van der Waals surface area contributed by atoms with Crippen molar-refractivity contribution >= 4 is 22.6 Å². The molecule has 0 aromatic carbocycles. The highest BCUT2D eigenvalue weighted by molar-refractivity contribution is 8.14. The van der Waals surface area contributed by atoms with Crippen LogP contribution < -0.4 is 5.56 Å². The molecule has 0 radical (unpaired) electrons. The highest BCUT2D eigenvalue weighted by Crippen LogP contribution is 2.49. The molecule has 1 saturated carbocycles. The van der Waals surface area contributed by atoms with Crippen LogP contribution in [0.1, 0.15) is 68.7 Å². The smallest absolute Gasteiger partial charge is 0.268 e. The van der Waals surface area contributed by atoms with Gasteiger partial charge < -0.3 is 0 Å². The van der Waals surface area contributed by atoms with E-state index in [1.165, 1.54) is 6.42 Å². The topological polar surface area (TPSA) is 50.1 Å². The number of hydrogen-bond donors (Lipinski definition) is 1. The number of alkyl halides is 3. The molecule has 1 aliphatic heterocycles. The lowest BCUT2D eigenvalue weighted by molar-refractivity contribution is -0.129. The van der Waals surface area contributed by atoms with Crippen LogP contribution in [0.3, 0.4) is 0 Å². The highest BCUT2D eigenvalue weighted by atomic mass is 32.2. The Hall–Kier alpha value is -1.18. The summed E-state index contributed by atoms with van der Waals surface area (Å²) in [5.74, 6) is 0.180. The first-order valence-corrected chi connectivity index (χ1v) is 8.89. The average Bonchev–Trinajstić information content (AvgIpc) is 2.73. The van der Waals surface area contributed by atoms with Gasteiger partial charge in [-0.3, -0.25) is 14.6 Å². The number of rotatable bonds is 1. The number of halogens is 3. The summed E-state index contributed by atoms with van der Waals surface area (Å²) in [7, 11) is 0. The fourth-order valence-corrected chi connectivity index (χ4v) is 4.34. The normalized spacial score (nSPS) is 23.8. The van der Waals surface area contributed by atoms with E-state index in [0.29, 0.717) is 16.8 Å². The summed E-state index contributed by atoms with van der Waals surface area (Å²) in [6.45, 7) is 1.56. The minimum absolute atomic E-state index is 0.0280. The summed E-state index contributed by atoms with van der Waals surface area (Å²) in [5, 5.41) is 1.16. The summed E-state index contributed by atoms with van der Waals surface area (Å²) in [6, 6.07) is 0.0280. The first-order valence-electron chi connectivity index (χ1n) is 8.01. The monoisotopic (exact) mass is 347 g/mol. The molecule has 1 N–H and O–H groups in total. The lowest BCUT2D eigenvalue weighted by atomic mass is 9.97. The number of aromatic amines is 1. The molecule has 4 nitrogen and oxygen atoms in total. The van der Waals surface area contributed by atoms with Crippen LogP contribution >= 0.6 is 11.8 Å². The van der Waals surface area contributed by atoms with Crippen LogP contribution in [0.15, 0.2) is 9.79 Å². The van der Waals surface area contributed by atoms with Gasteiger partial charge >= 0.3 is 6.18 Å². The third kappa shape index (κ3) is 3.36. The standard InChI is InChI=1S/C15H20F3N3OS/c1-9-19-13-11(12(23-9)15(16,17)18)14(22)20-21(13)10-7-5-3-2-4-6-8-10/h10,12H,2-8H2,1H3,(H,20,22). The predicted octanol–water partition coefficient (Wildman–Crippen LogP) is 4.86. The van der Waals surface area contributed by atoms with Crippen LogP contribution in [0.2, 0.25) is 0 Å². The molecule has 1 aliphatic carbocycles. The van der Waals surface area contributed by atoms with Crippen molar-refractivity contribution in [2.75, 3.05) is 0 Å². The molecule has 0 spiro atoms. The number of nitrogens with zero attached hydrogens (tertiary/aromatic N) is 2. The van der Waals surface area contributed by atoms with Crippen molar-refractivity contribution in [3.63, 3.8) is 0 Å². The lowest BCUT2D eigenvalue weighted by Crippen LogP contribution is -2.25. The maximum atomic E-state index is 13.3. The van der Waals surface area contributed by atoms with Crippen molar-refractivity contribution in [2.24, 2.45) is 4.99 Å². The molecule has 1 aromatic heterocycles. The van der Waals surface area contributed by atoms with Gasteiger partial charge in [0.05, 0.1) is 16.6 Å². The Morgan fingerprint density at radius 3 is 2.39 bits per heavy atom. The van der Waals surface area contributed by atoms with Crippen LogP contribution in [0.5, 0.6) is 0 Å². The zero-order valence-corrected chi connectivity index (χ0v) is 13.8. The molecule has 1 unspecified atom stereocenters. The van der Waals surface area contributed by atoms with Gasteiger partial charge in [-0.25, -0.2) is 4.99 Å². The Balaban J connectivity index is 2.03. The summed E-state index contributed by atoms with van der Waals surface area (Å²) in [4.78, 5) is 16.5. The van der Waals surface area contributed by atoms with Gasteiger partial charge in [-0.2, -0.15) is 13.2 Å². The predicted molar refractivity (Wildman–Crippen MR) is 85.6 cm³/mol. The molecule has 2 aliphatic rings. The molecule has 3 rings (SSSR count). The van der Waals surface area contributed by atoms with Gasteiger partial charge in [-0.1, -0.05) is 43.9 Å². The highest BCUT2D eigenvalue weighted by Gasteiger charge is 2.47. The minimum atomic E-state index is -4.46. The van der Waals surface area contributed by atoms with E-state index < -0.39 is 17.0 Å². The molecule has 1 fully saturated rings. The van der Waals surface area contributed by atoms with E-state index >= 15 is 0 Å². The van der Waals surface area contributed by atoms with Gasteiger partial charge in [0.1, 0.15) is 5.25 Å². The van der Waals surface area contributed by atoms with E-state index in [4.69, 9.17) is 0 Å². The lowest BCUT2D eigenvalue weighted by Gasteiger charge is -2.25.